The Labute approximate surface area is 120 Å². The lowest BCUT2D eigenvalue weighted by atomic mass is 10.3. The number of rotatable bonds is 5. The minimum Gasteiger partial charge on any atom is -0.481 e. The maximum absolute atomic E-state index is 12.2. The Hall–Kier alpha value is -1.51. The molecule has 0 bridgehead atoms. The zero-order valence-corrected chi connectivity index (χ0v) is 12.4. The van der Waals surface area contributed by atoms with E-state index >= 15 is 0 Å². The van der Waals surface area contributed by atoms with Crippen LogP contribution < -0.4 is 9.46 Å². The molecule has 2 rings (SSSR count). The molecule has 1 aromatic rings. The van der Waals surface area contributed by atoms with Crippen LogP contribution in [-0.4, -0.2) is 21.1 Å². The van der Waals surface area contributed by atoms with Gasteiger partial charge in [0.2, 0.25) is 10.0 Å². The molecule has 0 spiro atoms. The first-order valence-corrected chi connectivity index (χ1v) is 8.25. The number of hydrogen-bond donors (Lipinski definition) is 1. The lowest BCUT2D eigenvalue weighted by Gasteiger charge is -2.12. The van der Waals surface area contributed by atoms with Gasteiger partial charge in [-0.3, -0.25) is 0 Å². The molecular weight excluding hydrogens is 274 g/mol. The summed E-state index contributed by atoms with van der Waals surface area (Å²) in [5.74, 6) is 6.14. The van der Waals surface area contributed by atoms with Crippen LogP contribution in [0.3, 0.4) is 0 Å². The van der Waals surface area contributed by atoms with Gasteiger partial charge in [0, 0.05) is 6.04 Å². The highest BCUT2D eigenvalue weighted by atomic mass is 32.2. The summed E-state index contributed by atoms with van der Waals surface area (Å²) in [6.07, 6.45) is 4.04. The molecule has 0 heterocycles. The van der Waals surface area contributed by atoms with Crippen molar-refractivity contribution >= 4 is 10.0 Å². The Morgan fingerprint density at radius 2 is 1.90 bits per heavy atom. The molecule has 1 saturated carbocycles. The van der Waals surface area contributed by atoms with E-state index in [2.05, 4.69) is 16.6 Å². The summed E-state index contributed by atoms with van der Waals surface area (Å²) < 4.78 is 32.5. The summed E-state index contributed by atoms with van der Waals surface area (Å²) in [4.78, 5) is 0.276. The van der Waals surface area contributed by atoms with Crippen LogP contribution in [0.25, 0.3) is 0 Å². The van der Waals surface area contributed by atoms with Crippen molar-refractivity contribution in [1.82, 2.24) is 4.72 Å². The SMILES string of the molecule is CC#CCOc1ccc(S(=O)(=O)NC2CCCC2)cc1. The summed E-state index contributed by atoms with van der Waals surface area (Å²) in [5, 5.41) is 0. The van der Waals surface area contributed by atoms with Gasteiger partial charge in [0.25, 0.3) is 0 Å². The molecule has 1 fully saturated rings. The van der Waals surface area contributed by atoms with Crippen LogP contribution >= 0.6 is 0 Å². The van der Waals surface area contributed by atoms with Gasteiger partial charge in [-0.05, 0) is 44.0 Å². The van der Waals surface area contributed by atoms with Gasteiger partial charge in [-0.2, -0.15) is 0 Å². The Bertz CT molecular complexity index is 590. The molecule has 0 radical (unpaired) electrons. The fourth-order valence-electron chi connectivity index (χ4n) is 2.24. The van der Waals surface area contributed by atoms with Gasteiger partial charge < -0.3 is 4.74 Å². The molecule has 0 unspecified atom stereocenters. The topological polar surface area (TPSA) is 55.4 Å². The monoisotopic (exact) mass is 293 g/mol. The van der Waals surface area contributed by atoms with Crippen LogP contribution in [0.15, 0.2) is 29.2 Å². The van der Waals surface area contributed by atoms with Crippen molar-refractivity contribution in [2.45, 2.75) is 43.5 Å². The van der Waals surface area contributed by atoms with E-state index in [1.54, 1.807) is 31.2 Å². The number of sulfonamides is 1. The van der Waals surface area contributed by atoms with Crippen LogP contribution in [0.5, 0.6) is 5.75 Å². The molecule has 5 heteroatoms. The minimum absolute atomic E-state index is 0.0794. The van der Waals surface area contributed by atoms with Crippen LogP contribution in [0, 0.1) is 11.8 Å². The van der Waals surface area contributed by atoms with E-state index in [-0.39, 0.29) is 10.9 Å². The van der Waals surface area contributed by atoms with Crippen molar-refractivity contribution in [3.05, 3.63) is 24.3 Å². The maximum atomic E-state index is 12.2. The lowest BCUT2D eigenvalue weighted by Crippen LogP contribution is -2.32. The zero-order chi connectivity index (χ0) is 14.4. The Balaban J connectivity index is 2.01. The normalized spacial score (nSPS) is 15.7. The molecular formula is C15H19NO3S. The second-order valence-corrected chi connectivity index (χ2v) is 6.50. The fourth-order valence-corrected chi connectivity index (χ4v) is 3.54. The zero-order valence-electron chi connectivity index (χ0n) is 11.6. The number of hydrogen-bond acceptors (Lipinski definition) is 3. The quantitative estimate of drug-likeness (QED) is 0.848. The third-order valence-corrected chi connectivity index (χ3v) is 4.84. The van der Waals surface area contributed by atoms with Crippen molar-refractivity contribution in [3.63, 3.8) is 0 Å². The fraction of sp³-hybridized carbons (Fsp3) is 0.467. The summed E-state index contributed by atoms with van der Waals surface area (Å²) in [6, 6.07) is 6.51. The van der Waals surface area contributed by atoms with Gasteiger partial charge in [-0.15, -0.1) is 5.92 Å². The van der Waals surface area contributed by atoms with E-state index in [1.165, 1.54) is 0 Å². The van der Waals surface area contributed by atoms with Crippen molar-refractivity contribution in [2.24, 2.45) is 0 Å². The Morgan fingerprint density at radius 1 is 1.25 bits per heavy atom. The van der Waals surface area contributed by atoms with Gasteiger partial charge in [0.05, 0.1) is 4.90 Å². The van der Waals surface area contributed by atoms with Crippen LogP contribution in [0.4, 0.5) is 0 Å². The van der Waals surface area contributed by atoms with E-state index in [1.807, 2.05) is 0 Å². The molecule has 20 heavy (non-hydrogen) atoms. The third kappa shape index (κ3) is 3.99. The van der Waals surface area contributed by atoms with Gasteiger partial charge in [0.15, 0.2) is 0 Å². The number of nitrogens with one attached hydrogen (secondary N) is 1. The molecule has 0 amide bonds. The van der Waals surface area contributed by atoms with Crippen LogP contribution in [0.2, 0.25) is 0 Å². The summed E-state index contributed by atoms with van der Waals surface area (Å²) in [5.41, 5.74) is 0. The minimum atomic E-state index is -3.42. The predicted molar refractivity (Wildman–Crippen MR) is 78.0 cm³/mol. The molecule has 0 atom stereocenters. The van der Waals surface area contributed by atoms with Crippen molar-refractivity contribution in [2.75, 3.05) is 6.61 Å². The summed E-state index contributed by atoms with van der Waals surface area (Å²) in [7, 11) is -3.42. The Morgan fingerprint density at radius 3 is 2.50 bits per heavy atom. The molecule has 0 saturated heterocycles. The van der Waals surface area contributed by atoms with Gasteiger partial charge in [0.1, 0.15) is 12.4 Å². The van der Waals surface area contributed by atoms with E-state index in [0.717, 1.165) is 25.7 Å². The largest absolute Gasteiger partial charge is 0.481 e. The van der Waals surface area contributed by atoms with Crippen LogP contribution in [0.1, 0.15) is 32.6 Å². The molecule has 1 aliphatic rings. The summed E-state index contributed by atoms with van der Waals surface area (Å²) >= 11 is 0. The first kappa shape index (κ1) is 14.9. The molecule has 0 aromatic heterocycles. The lowest BCUT2D eigenvalue weighted by molar-refractivity contribution is 0.370. The van der Waals surface area contributed by atoms with Crippen LogP contribution in [-0.2, 0) is 10.0 Å². The first-order valence-electron chi connectivity index (χ1n) is 6.76. The molecule has 1 aromatic carbocycles. The van der Waals surface area contributed by atoms with Crippen molar-refractivity contribution in [3.8, 4) is 17.6 Å². The van der Waals surface area contributed by atoms with Gasteiger partial charge in [-0.1, -0.05) is 18.8 Å². The molecule has 1 aliphatic carbocycles. The van der Waals surface area contributed by atoms with Crippen molar-refractivity contribution in [1.29, 1.82) is 0 Å². The number of ether oxygens (including phenoxy) is 1. The molecule has 108 valence electrons. The highest BCUT2D eigenvalue weighted by Gasteiger charge is 2.22. The average Bonchev–Trinajstić information content (AvgIpc) is 2.92. The maximum Gasteiger partial charge on any atom is 0.240 e. The average molecular weight is 293 g/mol. The molecule has 1 N–H and O–H groups in total. The second kappa shape index (κ2) is 6.78. The smallest absolute Gasteiger partial charge is 0.240 e. The van der Waals surface area contributed by atoms with E-state index < -0.39 is 10.0 Å². The van der Waals surface area contributed by atoms with Gasteiger partial charge in [-0.25, -0.2) is 13.1 Å². The van der Waals surface area contributed by atoms with E-state index in [9.17, 15) is 8.42 Å². The summed E-state index contributed by atoms with van der Waals surface area (Å²) in [6.45, 7) is 2.05. The van der Waals surface area contributed by atoms with E-state index in [0.29, 0.717) is 12.4 Å². The first-order chi connectivity index (χ1) is 9.62. The highest BCUT2D eigenvalue weighted by molar-refractivity contribution is 7.89. The van der Waals surface area contributed by atoms with Gasteiger partial charge >= 0.3 is 0 Å². The predicted octanol–water partition coefficient (Wildman–Crippen LogP) is 2.31. The van der Waals surface area contributed by atoms with E-state index in [4.69, 9.17) is 4.74 Å². The second-order valence-electron chi connectivity index (χ2n) is 4.79. The third-order valence-electron chi connectivity index (χ3n) is 3.30. The van der Waals surface area contributed by atoms with Crippen molar-refractivity contribution < 1.29 is 13.2 Å². The standard InChI is InChI=1S/C15H19NO3S/c1-2-3-12-19-14-8-10-15(11-9-14)20(17,18)16-13-6-4-5-7-13/h8-11,13,16H,4-7,12H2,1H3. The number of benzene rings is 1. The Kier molecular flexibility index (Phi) is 5.05. The molecule has 4 nitrogen and oxygen atoms in total. The highest BCUT2D eigenvalue weighted by Crippen LogP contribution is 2.21. The molecule has 0 aliphatic heterocycles.